The SMILES string of the molecule is Cc1ccc(C2=CC(c3ccccc3)N(C3CCCCC3)N=N2)cc1. The second-order valence-electron chi connectivity index (χ2n) is 7.13. The van der Waals surface area contributed by atoms with E-state index in [-0.39, 0.29) is 6.04 Å². The average molecular weight is 331 g/mol. The summed E-state index contributed by atoms with van der Waals surface area (Å²) in [5.74, 6) is 0. The largest absolute Gasteiger partial charge is 0.264 e. The van der Waals surface area contributed by atoms with E-state index in [2.05, 4.69) is 82.9 Å². The molecule has 3 nitrogen and oxygen atoms in total. The lowest BCUT2D eigenvalue weighted by Crippen LogP contribution is -2.36. The van der Waals surface area contributed by atoms with Crippen molar-refractivity contribution in [2.75, 3.05) is 0 Å². The lowest BCUT2D eigenvalue weighted by molar-refractivity contribution is 0.116. The van der Waals surface area contributed by atoms with Crippen LogP contribution >= 0.6 is 0 Å². The first-order chi connectivity index (χ1) is 12.3. The van der Waals surface area contributed by atoms with Gasteiger partial charge in [-0.3, -0.25) is 5.01 Å². The molecule has 25 heavy (non-hydrogen) atoms. The number of hydrogen-bond donors (Lipinski definition) is 0. The van der Waals surface area contributed by atoms with Gasteiger partial charge in [-0.05, 0) is 31.4 Å². The van der Waals surface area contributed by atoms with Crippen molar-refractivity contribution in [2.24, 2.45) is 10.3 Å². The van der Waals surface area contributed by atoms with E-state index in [1.54, 1.807) is 0 Å². The van der Waals surface area contributed by atoms with Gasteiger partial charge in [0.05, 0.1) is 11.7 Å². The van der Waals surface area contributed by atoms with Gasteiger partial charge in [0.1, 0.15) is 0 Å². The highest BCUT2D eigenvalue weighted by molar-refractivity contribution is 5.65. The predicted molar refractivity (Wildman–Crippen MR) is 102 cm³/mol. The highest BCUT2D eigenvalue weighted by atomic mass is 15.6. The molecule has 2 aromatic carbocycles. The zero-order valence-corrected chi connectivity index (χ0v) is 14.8. The minimum Gasteiger partial charge on any atom is -0.264 e. The monoisotopic (exact) mass is 331 g/mol. The van der Waals surface area contributed by atoms with Crippen LogP contribution in [0.4, 0.5) is 0 Å². The molecule has 3 heteroatoms. The fraction of sp³-hybridized carbons (Fsp3) is 0.364. The van der Waals surface area contributed by atoms with Crippen LogP contribution in [0, 0.1) is 6.92 Å². The smallest absolute Gasteiger partial charge is 0.0945 e. The first-order valence-electron chi connectivity index (χ1n) is 9.35. The van der Waals surface area contributed by atoms with Gasteiger partial charge < -0.3 is 0 Å². The third-order valence-electron chi connectivity index (χ3n) is 5.29. The lowest BCUT2D eigenvalue weighted by Gasteiger charge is -2.37. The normalized spacial score (nSPS) is 21.2. The Morgan fingerprint density at radius 1 is 0.880 bits per heavy atom. The molecular formula is C22H25N3. The Morgan fingerprint density at radius 2 is 1.60 bits per heavy atom. The summed E-state index contributed by atoms with van der Waals surface area (Å²) in [7, 11) is 0. The van der Waals surface area contributed by atoms with Crippen LogP contribution in [0.3, 0.4) is 0 Å². The van der Waals surface area contributed by atoms with Gasteiger partial charge in [0.15, 0.2) is 0 Å². The van der Waals surface area contributed by atoms with E-state index in [1.807, 2.05) is 0 Å². The van der Waals surface area contributed by atoms with Crippen molar-refractivity contribution in [3.63, 3.8) is 0 Å². The van der Waals surface area contributed by atoms with Crippen molar-refractivity contribution in [3.05, 3.63) is 77.4 Å². The summed E-state index contributed by atoms with van der Waals surface area (Å²) in [5, 5.41) is 11.5. The van der Waals surface area contributed by atoms with E-state index in [0.717, 1.165) is 11.3 Å². The lowest BCUT2D eigenvalue weighted by atomic mass is 9.92. The number of benzene rings is 2. The molecule has 128 valence electrons. The number of rotatable bonds is 3. The van der Waals surface area contributed by atoms with Gasteiger partial charge in [-0.15, -0.1) is 5.11 Å². The minimum atomic E-state index is 0.165. The second-order valence-corrected chi connectivity index (χ2v) is 7.13. The molecule has 1 saturated carbocycles. The maximum absolute atomic E-state index is 4.68. The van der Waals surface area contributed by atoms with Crippen LogP contribution in [-0.4, -0.2) is 11.1 Å². The van der Waals surface area contributed by atoms with E-state index in [9.17, 15) is 0 Å². The fourth-order valence-electron chi connectivity index (χ4n) is 3.84. The maximum Gasteiger partial charge on any atom is 0.0945 e. The summed E-state index contributed by atoms with van der Waals surface area (Å²) >= 11 is 0. The molecule has 1 heterocycles. The van der Waals surface area contributed by atoms with E-state index >= 15 is 0 Å². The average Bonchev–Trinajstić information content (AvgIpc) is 2.69. The molecule has 0 bridgehead atoms. The summed E-state index contributed by atoms with van der Waals surface area (Å²) in [6.07, 6.45) is 8.66. The first kappa shape index (κ1) is 16.1. The van der Waals surface area contributed by atoms with Gasteiger partial charge in [-0.2, -0.15) is 0 Å². The van der Waals surface area contributed by atoms with Gasteiger partial charge in [-0.25, -0.2) is 0 Å². The van der Waals surface area contributed by atoms with Crippen molar-refractivity contribution < 1.29 is 0 Å². The Bertz CT molecular complexity index is 756. The van der Waals surface area contributed by atoms with Crippen LogP contribution < -0.4 is 0 Å². The number of aryl methyl sites for hydroxylation is 1. The number of hydrogen-bond acceptors (Lipinski definition) is 3. The Morgan fingerprint density at radius 3 is 2.32 bits per heavy atom. The summed E-state index contributed by atoms with van der Waals surface area (Å²) in [4.78, 5) is 0. The Hall–Kier alpha value is -2.42. The van der Waals surface area contributed by atoms with Crippen LogP contribution in [0.1, 0.15) is 54.8 Å². The molecule has 2 aromatic rings. The number of nitrogens with zero attached hydrogens (tertiary/aromatic N) is 3. The molecule has 1 fully saturated rings. The minimum absolute atomic E-state index is 0.165. The molecule has 0 spiro atoms. The summed E-state index contributed by atoms with van der Waals surface area (Å²) < 4.78 is 0. The molecule has 2 aliphatic rings. The molecule has 4 rings (SSSR count). The molecule has 0 radical (unpaired) electrons. The molecule has 0 saturated heterocycles. The van der Waals surface area contributed by atoms with E-state index < -0.39 is 0 Å². The highest BCUT2D eigenvalue weighted by Gasteiger charge is 2.29. The quantitative estimate of drug-likeness (QED) is 0.668. The standard InChI is InChI=1S/C22H25N3/c1-17-12-14-18(15-13-17)21-16-22(19-8-4-2-5-9-19)25(24-23-21)20-10-6-3-7-11-20/h2,4-5,8-9,12-16,20,22H,3,6-7,10-11H2,1H3. The molecule has 1 aliphatic carbocycles. The zero-order chi connectivity index (χ0) is 17.1. The van der Waals surface area contributed by atoms with E-state index in [4.69, 9.17) is 0 Å². The Labute approximate surface area is 150 Å². The van der Waals surface area contributed by atoms with Crippen molar-refractivity contribution in [3.8, 4) is 0 Å². The molecule has 1 aliphatic heterocycles. The highest BCUT2D eigenvalue weighted by Crippen LogP contribution is 2.37. The van der Waals surface area contributed by atoms with Crippen LogP contribution in [0.2, 0.25) is 0 Å². The van der Waals surface area contributed by atoms with E-state index in [1.165, 1.54) is 43.2 Å². The summed E-state index contributed by atoms with van der Waals surface area (Å²) in [6, 6.07) is 19.9. The van der Waals surface area contributed by atoms with Crippen molar-refractivity contribution in [1.82, 2.24) is 5.01 Å². The Balaban J connectivity index is 1.68. The van der Waals surface area contributed by atoms with Gasteiger partial charge in [0.2, 0.25) is 0 Å². The topological polar surface area (TPSA) is 28.0 Å². The van der Waals surface area contributed by atoms with Crippen molar-refractivity contribution in [1.29, 1.82) is 0 Å². The summed E-state index contributed by atoms with van der Waals surface area (Å²) in [5.41, 5.74) is 4.66. The van der Waals surface area contributed by atoms with Crippen molar-refractivity contribution >= 4 is 5.70 Å². The molecule has 0 aromatic heterocycles. The third-order valence-corrected chi connectivity index (χ3v) is 5.29. The second kappa shape index (κ2) is 7.22. The van der Waals surface area contributed by atoms with Gasteiger partial charge in [0.25, 0.3) is 0 Å². The molecule has 0 amide bonds. The van der Waals surface area contributed by atoms with Crippen LogP contribution in [0.5, 0.6) is 0 Å². The molecular weight excluding hydrogens is 306 g/mol. The van der Waals surface area contributed by atoms with Crippen LogP contribution in [0.15, 0.2) is 71.0 Å². The van der Waals surface area contributed by atoms with Gasteiger partial charge in [0, 0.05) is 11.6 Å². The van der Waals surface area contributed by atoms with Gasteiger partial charge in [-0.1, -0.05) is 84.6 Å². The third kappa shape index (κ3) is 3.51. The maximum atomic E-state index is 4.68. The van der Waals surface area contributed by atoms with Crippen LogP contribution in [0.25, 0.3) is 5.70 Å². The molecule has 0 N–H and O–H groups in total. The zero-order valence-electron chi connectivity index (χ0n) is 14.8. The first-order valence-corrected chi connectivity index (χ1v) is 9.35. The van der Waals surface area contributed by atoms with E-state index in [0.29, 0.717) is 6.04 Å². The molecule has 1 atom stereocenters. The Kier molecular flexibility index (Phi) is 4.64. The predicted octanol–water partition coefficient (Wildman–Crippen LogP) is 6.09. The summed E-state index contributed by atoms with van der Waals surface area (Å²) in [6.45, 7) is 2.11. The van der Waals surface area contributed by atoms with Gasteiger partial charge >= 0.3 is 0 Å². The fourth-order valence-corrected chi connectivity index (χ4v) is 3.84. The van der Waals surface area contributed by atoms with Crippen molar-refractivity contribution in [2.45, 2.75) is 51.1 Å². The molecule has 1 unspecified atom stereocenters. The van der Waals surface area contributed by atoms with Crippen LogP contribution in [-0.2, 0) is 0 Å².